The highest BCUT2D eigenvalue weighted by Gasteiger charge is 2.15. The van der Waals surface area contributed by atoms with E-state index in [0.29, 0.717) is 16.3 Å². The van der Waals surface area contributed by atoms with Gasteiger partial charge in [0, 0.05) is 10.6 Å². The number of nitrogens with two attached hydrogens (primary N) is 1. The molecule has 0 saturated heterocycles. The second-order valence-corrected chi connectivity index (χ2v) is 4.46. The Morgan fingerprint density at radius 3 is 2.86 bits per heavy atom. The van der Waals surface area contributed by atoms with Gasteiger partial charge in [0.2, 0.25) is 0 Å². The molecule has 7 heteroatoms. The van der Waals surface area contributed by atoms with Crippen LogP contribution in [-0.4, -0.2) is 17.3 Å². The number of hydrogen-bond donors (Lipinski definition) is 2. The lowest BCUT2D eigenvalue weighted by Gasteiger charge is -2.05. The zero-order valence-electron chi connectivity index (χ0n) is 11.0. The largest absolute Gasteiger partial charge is 0.496 e. The molecule has 0 atom stereocenters. The molecule has 6 nitrogen and oxygen atoms in total. The summed E-state index contributed by atoms with van der Waals surface area (Å²) in [6.45, 7) is 0. The molecule has 0 fully saturated rings. The van der Waals surface area contributed by atoms with E-state index in [1.165, 1.54) is 7.11 Å². The normalized spacial score (nSPS) is 10.8. The van der Waals surface area contributed by atoms with Gasteiger partial charge in [-0.25, -0.2) is 0 Å². The van der Waals surface area contributed by atoms with Crippen molar-refractivity contribution in [2.24, 2.45) is 0 Å². The van der Waals surface area contributed by atoms with Gasteiger partial charge in [0.15, 0.2) is 5.82 Å². The summed E-state index contributed by atoms with van der Waals surface area (Å²) < 4.78 is 5.22. The van der Waals surface area contributed by atoms with Gasteiger partial charge >= 0.3 is 0 Å². The van der Waals surface area contributed by atoms with E-state index in [2.05, 4.69) is 10.2 Å². The van der Waals surface area contributed by atoms with Crippen LogP contribution in [0.1, 0.15) is 16.8 Å². The molecule has 0 spiro atoms. The minimum absolute atomic E-state index is 0.0479. The van der Waals surface area contributed by atoms with E-state index >= 15 is 0 Å². The number of aromatic amines is 1. The van der Waals surface area contributed by atoms with E-state index in [9.17, 15) is 5.26 Å². The maximum atomic E-state index is 9.31. The van der Waals surface area contributed by atoms with Gasteiger partial charge in [-0.3, -0.25) is 5.10 Å². The Hall–Kier alpha value is -2.96. The van der Waals surface area contributed by atoms with E-state index in [0.717, 1.165) is 0 Å². The van der Waals surface area contributed by atoms with E-state index in [1.807, 2.05) is 12.1 Å². The van der Waals surface area contributed by atoms with Crippen LogP contribution in [0.2, 0.25) is 5.02 Å². The van der Waals surface area contributed by atoms with Crippen LogP contribution in [0.5, 0.6) is 5.75 Å². The third kappa shape index (κ3) is 2.81. The molecule has 1 heterocycles. The number of ether oxygens (including phenoxy) is 1. The Kier molecular flexibility index (Phi) is 4.13. The number of nitriles is 2. The van der Waals surface area contributed by atoms with Gasteiger partial charge in [-0.15, -0.1) is 0 Å². The molecule has 0 aliphatic carbocycles. The smallest absolute Gasteiger partial charge is 0.163 e. The van der Waals surface area contributed by atoms with Crippen molar-refractivity contribution in [3.05, 3.63) is 40.0 Å². The number of aromatic nitrogens is 2. The molecule has 0 saturated carbocycles. The summed E-state index contributed by atoms with van der Waals surface area (Å²) in [6, 6.07) is 8.95. The molecule has 1 aromatic carbocycles. The zero-order valence-corrected chi connectivity index (χ0v) is 11.8. The minimum atomic E-state index is 0.0479. The average Bonchev–Trinajstić information content (AvgIpc) is 2.85. The molecule has 0 amide bonds. The second kappa shape index (κ2) is 6.00. The molecule has 2 aromatic rings. The number of rotatable bonds is 3. The fourth-order valence-electron chi connectivity index (χ4n) is 1.80. The first kappa shape index (κ1) is 14.4. The standard InChI is InChI=1S/C14H10ClN5O/c1-21-12-3-2-10(15)5-8(12)4-9(6-16)13-11(7-17)14(18)20-19-13/h2-5H,1H3,(H3,18,19,20)/b9-4-. The number of nitrogens with zero attached hydrogens (tertiary/aromatic N) is 3. The lowest BCUT2D eigenvalue weighted by molar-refractivity contribution is 0.414. The quantitative estimate of drug-likeness (QED) is 0.846. The third-order valence-electron chi connectivity index (χ3n) is 2.79. The summed E-state index contributed by atoms with van der Waals surface area (Å²) >= 11 is 5.95. The third-order valence-corrected chi connectivity index (χ3v) is 3.02. The fourth-order valence-corrected chi connectivity index (χ4v) is 1.98. The molecule has 2 rings (SSSR count). The Labute approximate surface area is 126 Å². The van der Waals surface area contributed by atoms with Gasteiger partial charge in [0.1, 0.15) is 23.5 Å². The fraction of sp³-hybridized carbons (Fsp3) is 0.0714. The average molecular weight is 300 g/mol. The molecule has 1 aromatic heterocycles. The Balaban J connectivity index is 2.60. The predicted molar refractivity (Wildman–Crippen MR) is 79.2 cm³/mol. The number of H-pyrrole nitrogens is 1. The van der Waals surface area contributed by atoms with Gasteiger partial charge in [-0.2, -0.15) is 15.6 Å². The van der Waals surface area contributed by atoms with Gasteiger partial charge in [0.05, 0.1) is 18.4 Å². The van der Waals surface area contributed by atoms with Crippen LogP contribution in [-0.2, 0) is 0 Å². The highest BCUT2D eigenvalue weighted by atomic mass is 35.5. The first-order valence-electron chi connectivity index (χ1n) is 5.80. The van der Waals surface area contributed by atoms with Crippen LogP contribution >= 0.6 is 11.6 Å². The lowest BCUT2D eigenvalue weighted by atomic mass is 10.1. The van der Waals surface area contributed by atoms with Gasteiger partial charge in [-0.05, 0) is 24.3 Å². The molecule has 0 radical (unpaired) electrons. The number of nitrogen functional groups attached to an aromatic ring is 1. The highest BCUT2D eigenvalue weighted by Crippen LogP contribution is 2.28. The zero-order chi connectivity index (χ0) is 15.4. The van der Waals surface area contributed by atoms with Crippen LogP contribution in [0.15, 0.2) is 18.2 Å². The molecule has 0 unspecified atom stereocenters. The van der Waals surface area contributed by atoms with Crippen LogP contribution in [0, 0.1) is 22.7 Å². The molecule has 104 valence electrons. The minimum Gasteiger partial charge on any atom is -0.496 e. The molecule has 0 bridgehead atoms. The molecular weight excluding hydrogens is 290 g/mol. The summed E-state index contributed by atoms with van der Waals surface area (Å²) in [5, 5.41) is 25.2. The number of hydrogen-bond acceptors (Lipinski definition) is 5. The number of allylic oxidation sites excluding steroid dienone is 1. The van der Waals surface area contributed by atoms with Crippen LogP contribution in [0.3, 0.4) is 0 Å². The van der Waals surface area contributed by atoms with E-state index in [4.69, 9.17) is 27.3 Å². The van der Waals surface area contributed by atoms with Crippen LogP contribution in [0.4, 0.5) is 5.82 Å². The Morgan fingerprint density at radius 2 is 2.24 bits per heavy atom. The predicted octanol–water partition coefficient (Wildman–Crippen LogP) is 2.59. The lowest BCUT2D eigenvalue weighted by Crippen LogP contribution is -1.91. The van der Waals surface area contributed by atoms with Crippen molar-refractivity contribution < 1.29 is 4.74 Å². The number of methoxy groups -OCH3 is 1. The van der Waals surface area contributed by atoms with Crippen LogP contribution in [0.25, 0.3) is 11.6 Å². The summed E-state index contributed by atoms with van der Waals surface area (Å²) in [5.41, 5.74) is 6.78. The van der Waals surface area contributed by atoms with Crippen molar-refractivity contribution in [1.82, 2.24) is 10.2 Å². The van der Waals surface area contributed by atoms with E-state index in [1.54, 1.807) is 24.3 Å². The maximum Gasteiger partial charge on any atom is 0.163 e. The second-order valence-electron chi connectivity index (χ2n) is 4.03. The molecule has 21 heavy (non-hydrogen) atoms. The highest BCUT2D eigenvalue weighted by molar-refractivity contribution is 6.30. The number of benzene rings is 1. The molecule has 3 N–H and O–H groups in total. The van der Waals surface area contributed by atoms with Crippen molar-refractivity contribution in [1.29, 1.82) is 10.5 Å². The Morgan fingerprint density at radius 1 is 1.48 bits per heavy atom. The van der Waals surface area contributed by atoms with E-state index in [-0.39, 0.29) is 22.6 Å². The summed E-state index contributed by atoms with van der Waals surface area (Å²) in [6.07, 6.45) is 1.55. The number of halogens is 1. The van der Waals surface area contributed by atoms with Crippen LogP contribution < -0.4 is 10.5 Å². The van der Waals surface area contributed by atoms with Crippen molar-refractivity contribution >= 4 is 29.1 Å². The summed E-state index contributed by atoms with van der Waals surface area (Å²) in [5.74, 6) is 0.602. The van der Waals surface area contributed by atoms with Gasteiger partial charge in [-0.1, -0.05) is 11.6 Å². The number of nitrogens with one attached hydrogen (secondary N) is 1. The Bertz CT molecular complexity index is 795. The first-order chi connectivity index (χ1) is 10.1. The van der Waals surface area contributed by atoms with Crippen molar-refractivity contribution in [2.45, 2.75) is 0 Å². The number of anilines is 1. The first-order valence-corrected chi connectivity index (χ1v) is 6.18. The summed E-state index contributed by atoms with van der Waals surface area (Å²) in [7, 11) is 1.52. The molecule has 0 aliphatic heterocycles. The summed E-state index contributed by atoms with van der Waals surface area (Å²) in [4.78, 5) is 0. The molecule has 0 aliphatic rings. The van der Waals surface area contributed by atoms with Crippen molar-refractivity contribution in [2.75, 3.05) is 12.8 Å². The van der Waals surface area contributed by atoms with Gasteiger partial charge in [0.25, 0.3) is 0 Å². The van der Waals surface area contributed by atoms with Crippen molar-refractivity contribution in [3.63, 3.8) is 0 Å². The maximum absolute atomic E-state index is 9.31. The monoisotopic (exact) mass is 299 g/mol. The SMILES string of the molecule is COc1ccc(Cl)cc1/C=C(/C#N)c1[nH]nc(N)c1C#N. The topological polar surface area (TPSA) is 112 Å². The van der Waals surface area contributed by atoms with E-state index < -0.39 is 0 Å². The molecular formula is C14H10ClN5O. The van der Waals surface area contributed by atoms with Crippen molar-refractivity contribution in [3.8, 4) is 17.9 Å². The van der Waals surface area contributed by atoms with Gasteiger partial charge < -0.3 is 10.5 Å².